The van der Waals surface area contributed by atoms with Gasteiger partial charge in [-0.1, -0.05) is 15.9 Å². The number of rotatable bonds is 3. The normalized spacial score (nSPS) is 14.4. The number of nitrogens with one attached hydrogen (secondary N) is 1. The maximum atomic E-state index is 12.2. The summed E-state index contributed by atoms with van der Waals surface area (Å²) in [7, 11) is 0. The van der Waals surface area contributed by atoms with Crippen molar-refractivity contribution >= 4 is 54.2 Å². The molecule has 1 saturated carbocycles. The summed E-state index contributed by atoms with van der Waals surface area (Å²) in [6, 6.07) is 5.47. The smallest absolute Gasteiger partial charge is 0.258 e. The van der Waals surface area contributed by atoms with Gasteiger partial charge in [-0.25, -0.2) is 4.98 Å². The lowest BCUT2D eigenvalue weighted by molar-refractivity contribution is 0.102. The molecule has 3 nitrogen and oxygen atoms in total. The number of carbonyl (C=O) groups is 1. The Hall–Kier alpha value is -0.720. The highest BCUT2D eigenvalue weighted by Crippen LogP contribution is 2.40. The number of thiazole rings is 1. The zero-order chi connectivity index (χ0) is 13.4. The summed E-state index contributed by atoms with van der Waals surface area (Å²) in [5.74, 6) is 0.470. The molecule has 0 atom stereocenters. The average Bonchev–Trinajstić information content (AvgIpc) is 3.10. The van der Waals surface area contributed by atoms with Crippen LogP contribution in [0.25, 0.3) is 0 Å². The molecule has 0 aliphatic heterocycles. The van der Waals surface area contributed by atoms with Crippen molar-refractivity contribution in [3.05, 3.63) is 43.8 Å². The highest BCUT2D eigenvalue weighted by Gasteiger charge is 2.26. The van der Waals surface area contributed by atoms with E-state index in [2.05, 4.69) is 42.2 Å². The van der Waals surface area contributed by atoms with E-state index in [0.717, 1.165) is 14.6 Å². The molecule has 1 fully saturated rings. The van der Waals surface area contributed by atoms with Gasteiger partial charge in [-0.2, -0.15) is 0 Å². The fraction of sp³-hybridized carbons (Fsp3) is 0.231. The van der Waals surface area contributed by atoms with E-state index < -0.39 is 0 Å². The van der Waals surface area contributed by atoms with Crippen molar-refractivity contribution in [3.8, 4) is 0 Å². The van der Waals surface area contributed by atoms with Gasteiger partial charge in [-0.3, -0.25) is 10.1 Å². The number of anilines is 1. The Morgan fingerprint density at radius 2 is 2.16 bits per heavy atom. The predicted molar refractivity (Wildman–Crippen MR) is 83.9 cm³/mol. The monoisotopic (exact) mass is 400 g/mol. The van der Waals surface area contributed by atoms with Crippen LogP contribution in [-0.4, -0.2) is 10.9 Å². The van der Waals surface area contributed by atoms with E-state index in [0.29, 0.717) is 16.6 Å². The molecule has 3 rings (SSSR count). The summed E-state index contributed by atoms with van der Waals surface area (Å²) in [4.78, 5) is 16.6. The van der Waals surface area contributed by atoms with Crippen molar-refractivity contribution in [3.63, 3.8) is 0 Å². The van der Waals surface area contributed by atoms with E-state index in [1.165, 1.54) is 24.2 Å². The molecular weight excluding hydrogens is 392 g/mol. The Labute approximate surface area is 131 Å². The molecule has 6 heteroatoms. The maximum Gasteiger partial charge on any atom is 0.258 e. The number of carbonyl (C=O) groups excluding carboxylic acids is 1. The van der Waals surface area contributed by atoms with Crippen LogP contribution < -0.4 is 5.32 Å². The summed E-state index contributed by atoms with van der Waals surface area (Å²) in [6.45, 7) is 0. The number of benzene rings is 1. The number of hydrogen-bond acceptors (Lipinski definition) is 3. The van der Waals surface area contributed by atoms with E-state index in [4.69, 9.17) is 0 Å². The lowest BCUT2D eigenvalue weighted by Gasteiger charge is -2.04. The van der Waals surface area contributed by atoms with Gasteiger partial charge in [0, 0.05) is 20.2 Å². The van der Waals surface area contributed by atoms with Gasteiger partial charge in [0.15, 0.2) is 5.13 Å². The molecule has 98 valence electrons. The molecule has 0 saturated heterocycles. The second kappa shape index (κ2) is 5.34. The molecule has 1 amide bonds. The fourth-order valence-corrected chi connectivity index (χ4v) is 3.76. The fourth-order valence-electron chi connectivity index (χ4n) is 1.75. The van der Waals surface area contributed by atoms with Gasteiger partial charge in [0.1, 0.15) is 0 Å². The van der Waals surface area contributed by atoms with Crippen molar-refractivity contribution < 1.29 is 4.79 Å². The first-order valence-corrected chi connectivity index (χ1v) is 8.32. The number of amides is 1. The minimum Gasteiger partial charge on any atom is -0.298 e. The lowest BCUT2D eigenvalue weighted by atomic mass is 10.2. The number of nitrogens with zero attached hydrogens (tertiary/aromatic N) is 1. The molecule has 0 spiro atoms. The predicted octanol–water partition coefficient (Wildman–Crippen LogP) is 4.80. The second-order valence-corrected chi connectivity index (χ2v) is 7.06. The first kappa shape index (κ1) is 13.3. The Bertz CT molecular complexity index is 637. The Morgan fingerprint density at radius 1 is 1.37 bits per heavy atom. The third-order valence-electron chi connectivity index (χ3n) is 2.91. The second-order valence-electron chi connectivity index (χ2n) is 4.43. The number of aromatic nitrogens is 1. The van der Waals surface area contributed by atoms with E-state index in [1.807, 2.05) is 17.5 Å². The van der Waals surface area contributed by atoms with E-state index in [-0.39, 0.29) is 5.91 Å². The quantitative estimate of drug-likeness (QED) is 0.802. The maximum absolute atomic E-state index is 12.2. The Morgan fingerprint density at radius 3 is 2.84 bits per heavy atom. The lowest BCUT2D eigenvalue weighted by Crippen LogP contribution is -2.12. The average molecular weight is 402 g/mol. The summed E-state index contributed by atoms with van der Waals surface area (Å²) in [5, 5.41) is 5.54. The summed E-state index contributed by atoms with van der Waals surface area (Å²) >= 11 is 8.24. The molecule has 1 heterocycles. The highest BCUT2D eigenvalue weighted by atomic mass is 79.9. The van der Waals surface area contributed by atoms with Gasteiger partial charge in [0.2, 0.25) is 0 Å². The minimum atomic E-state index is -0.143. The van der Waals surface area contributed by atoms with Gasteiger partial charge >= 0.3 is 0 Å². The summed E-state index contributed by atoms with van der Waals surface area (Å²) in [6.07, 6.45) is 2.44. The SMILES string of the molecule is O=C(Nc1nc(C2CC2)cs1)c1ccc(Br)cc1Br. The van der Waals surface area contributed by atoms with Crippen molar-refractivity contribution in [2.24, 2.45) is 0 Å². The van der Waals surface area contributed by atoms with Crippen LogP contribution in [0.5, 0.6) is 0 Å². The highest BCUT2D eigenvalue weighted by molar-refractivity contribution is 9.11. The van der Waals surface area contributed by atoms with E-state index >= 15 is 0 Å². The number of hydrogen-bond donors (Lipinski definition) is 1. The molecule has 0 radical (unpaired) electrons. The standard InChI is InChI=1S/C13H10Br2N2OS/c14-8-3-4-9(10(15)5-8)12(18)17-13-16-11(6-19-13)7-1-2-7/h3-7H,1-2H2,(H,16,17,18). The molecule has 1 aliphatic carbocycles. The molecule has 1 N–H and O–H groups in total. The van der Waals surface area contributed by atoms with Crippen molar-refractivity contribution in [2.75, 3.05) is 5.32 Å². The Balaban J connectivity index is 1.76. The van der Waals surface area contributed by atoms with Crippen molar-refractivity contribution in [2.45, 2.75) is 18.8 Å². The minimum absolute atomic E-state index is 0.143. The van der Waals surface area contributed by atoms with Crippen molar-refractivity contribution in [1.29, 1.82) is 0 Å². The Kier molecular flexibility index (Phi) is 3.73. The molecule has 2 aromatic rings. The van der Waals surface area contributed by atoms with E-state index in [1.54, 1.807) is 6.07 Å². The third-order valence-corrected chi connectivity index (χ3v) is 4.84. The van der Waals surface area contributed by atoms with Crippen LogP contribution in [0.1, 0.15) is 34.8 Å². The molecule has 0 bridgehead atoms. The van der Waals surface area contributed by atoms with E-state index in [9.17, 15) is 4.79 Å². The first-order valence-electron chi connectivity index (χ1n) is 5.85. The van der Waals surface area contributed by atoms with Crippen LogP contribution in [0, 0.1) is 0 Å². The molecule has 0 unspecified atom stereocenters. The van der Waals surface area contributed by atoms with Gasteiger partial charge < -0.3 is 0 Å². The van der Waals surface area contributed by atoms with Crippen LogP contribution in [-0.2, 0) is 0 Å². The first-order chi connectivity index (χ1) is 9.13. The van der Waals surface area contributed by atoms with Gasteiger partial charge in [0.05, 0.1) is 11.3 Å². The molecule has 1 aliphatic rings. The van der Waals surface area contributed by atoms with Gasteiger partial charge in [0.25, 0.3) is 5.91 Å². The molecule has 1 aromatic carbocycles. The van der Waals surface area contributed by atoms with Crippen LogP contribution in [0.15, 0.2) is 32.5 Å². The molecule has 19 heavy (non-hydrogen) atoms. The third kappa shape index (κ3) is 3.07. The van der Waals surface area contributed by atoms with Crippen LogP contribution in [0.2, 0.25) is 0 Å². The largest absolute Gasteiger partial charge is 0.298 e. The van der Waals surface area contributed by atoms with Crippen LogP contribution >= 0.6 is 43.2 Å². The zero-order valence-corrected chi connectivity index (χ0v) is 13.8. The molecular formula is C13H10Br2N2OS. The van der Waals surface area contributed by atoms with Gasteiger partial charge in [-0.15, -0.1) is 11.3 Å². The van der Waals surface area contributed by atoms with Gasteiger partial charge in [-0.05, 0) is 47.0 Å². The molecule has 1 aromatic heterocycles. The van der Waals surface area contributed by atoms with Crippen LogP contribution in [0.3, 0.4) is 0 Å². The van der Waals surface area contributed by atoms with Crippen LogP contribution in [0.4, 0.5) is 5.13 Å². The number of halogens is 2. The topological polar surface area (TPSA) is 42.0 Å². The summed E-state index contributed by atoms with van der Waals surface area (Å²) in [5.41, 5.74) is 1.71. The van der Waals surface area contributed by atoms with Crippen molar-refractivity contribution in [1.82, 2.24) is 4.98 Å². The zero-order valence-electron chi connectivity index (χ0n) is 9.82. The summed E-state index contributed by atoms with van der Waals surface area (Å²) < 4.78 is 1.69.